The Bertz CT molecular complexity index is 572. The maximum atomic E-state index is 13.4. The van der Waals surface area contributed by atoms with Gasteiger partial charge in [-0.3, -0.25) is 0 Å². The SMILES string of the molecule is OC(Cc1cc(F)ccc1F)Cc1ccccc1Cl. The lowest BCUT2D eigenvalue weighted by Crippen LogP contribution is -2.15. The number of aliphatic hydroxyl groups excluding tert-OH is 1. The average molecular weight is 283 g/mol. The molecule has 0 aliphatic rings. The molecule has 0 heterocycles. The van der Waals surface area contributed by atoms with Crippen LogP contribution in [0.15, 0.2) is 42.5 Å². The fourth-order valence-corrected chi connectivity index (χ4v) is 2.16. The van der Waals surface area contributed by atoms with Crippen LogP contribution in [0.4, 0.5) is 8.78 Å². The highest BCUT2D eigenvalue weighted by molar-refractivity contribution is 6.31. The van der Waals surface area contributed by atoms with E-state index in [-0.39, 0.29) is 12.0 Å². The summed E-state index contributed by atoms with van der Waals surface area (Å²) in [4.78, 5) is 0. The Balaban J connectivity index is 2.07. The van der Waals surface area contributed by atoms with Crippen LogP contribution in [0, 0.1) is 11.6 Å². The normalized spacial score (nSPS) is 12.4. The van der Waals surface area contributed by atoms with E-state index in [4.69, 9.17) is 11.6 Å². The Kier molecular flexibility index (Phi) is 4.51. The second-order valence-electron chi connectivity index (χ2n) is 4.39. The van der Waals surface area contributed by atoms with Crippen LogP contribution in [0.25, 0.3) is 0 Å². The van der Waals surface area contributed by atoms with Crippen molar-refractivity contribution in [2.75, 3.05) is 0 Å². The molecule has 0 aliphatic heterocycles. The van der Waals surface area contributed by atoms with Crippen molar-refractivity contribution in [2.45, 2.75) is 18.9 Å². The molecule has 1 nitrogen and oxygen atoms in total. The van der Waals surface area contributed by atoms with Gasteiger partial charge >= 0.3 is 0 Å². The first kappa shape index (κ1) is 14.0. The minimum Gasteiger partial charge on any atom is -0.392 e. The quantitative estimate of drug-likeness (QED) is 0.905. The molecular weight excluding hydrogens is 270 g/mol. The van der Waals surface area contributed by atoms with E-state index in [9.17, 15) is 13.9 Å². The van der Waals surface area contributed by atoms with Crippen LogP contribution in [0.3, 0.4) is 0 Å². The highest BCUT2D eigenvalue weighted by Gasteiger charge is 2.12. The summed E-state index contributed by atoms with van der Waals surface area (Å²) in [6, 6.07) is 10.4. The van der Waals surface area contributed by atoms with Gasteiger partial charge in [-0.2, -0.15) is 0 Å². The number of halogens is 3. The third-order valence-corrected chi connectivity index (χ3v) is 3.25. The molecule has 1 N–H and O–H groups in total. The van der Waals surface area contributed by atoms with Gasteiger partial charge in [0.15, 0.2) is 0 Å². The lowest BCUT2D eigenvalue weighted by molar-refractivity contribution is 0.174. The molecule has 0 amide bonds. The van der Waals surface area contributed by atoms with Crippen molar-refractivity contribution in [1.29, 1.82) is 0 Å². The lowest BCUT2D eigenvalue weighted by Gasteiger charge is -2.12. The molecule has 0 saturated carbocycles. The average Bonchev–Trinajstić information content (AvgIpc) is 2.37. The summed E-state index contributed by atoms with van der Waals surface area (Å²) in [5, 5.41) is 10.5. The molecule has 2 rings (SSSR count). The summed E-state index contributed by atoms with van der Waals surface area (Å²) in [6.07, 6.45) is -0.457. The first-order valence-corrected chi connectivity index (χ1v) is 6.29. The summed E-state index contributed by atoms with van der Waals surface area (Å²) in [5.41, 5.74) is 0.952. The molecule has 2 aromatic carbocycles. The second kappa shape index (κ2) is 6.13. The fourth-order valence-electron chi connectivity index (χ4n) is 1.94. The van der Waals surface area contributed by atoms with Crippen LogP contribution < -0.4 is 0 Å². The zero-order valence-electron chi connectivity index (χ0n) is 10.1. The van der Waals surface area contributed by atoms with E-state index in [1.807, 2.05) is 6.07 Å². The van der Waals surface area contributed by atoms with Gasteiger partial charge < -0.3 is 5.11 Å². The Morgan fingerprint density at radius 1 is 1.00 bits per heavy atom. The van der Waals surface area contributed by atoms with Gasteiger partial charge in [0.25, 0.3) is 0 Å². The topological polar surface area (TPSA) is 20.2 Å². The van der Waals surface area contributed by atoms with Crippen molar-refractivity contribution in [3.05, 3.63) is 70.2 Å². The van der Waals surface area contributed by atoms with E-state index in [1.165, 1.54) is 0 Å². The molecule has 0 spiro atoms. The summed E-state index contributed by atoms with van der Waals surface area (Å²) in [7, 11) is 0. The highest BCUT2D eigenvalue weighted by atomic mass is 35.5. The van der Waals surface area contributed by atoms with Gasteiger partial charge in [0.1, 0.15) is 11.6 Å². The minimum atomic E-state index is -0.809. The number of hydrogen-bond acceptors (Lipinski definition) is 1. The van der Waals surface area contributed by atoms with Crippen LogP contribution in [0.2, 0.25) is 5.02 Å². The molecule has 0 saturated heterocycles. The number of aliphatic hydroxyl groups is 1. The van der Waals surface area contributed by atoms with E-state index in [1.54, 1.807) is 18.2 Å². The summed E-state index contributed by atoms with van der Waals surface area (Å²) in [5.74, 6) is -1.03. The number of hydrogen-bond donors (Lipinski definition) is 1. The predicted molar refractivity (Wildman–Crippen MR) is 71.2 cm³/mol. The summed E-state index contributed by atoms with van der Waals surface area (Å²) < 4.78 is 26.5. The molecular formula is C15H13ClF2O. The molecule has 0 aromatic heterocycles. The van der Waals surface area contributed by atoms with Crippen molar-refractivity contribution in [1.82, 2.24) is 0 Å². The molecule has 0 bridgehead atoms. The molecule has 1 unspecified atom stereocenters. The largest absolute Gasteiger partial charge is 0.392 e. The van der Waals surface area contributed by atoms with Gasteiger partial charge in [0.05, 0.1) is 6.10 Å². The van der Waals surface area contributed by atoms with Gasteiger partial charge in [-0.25, -0.2) is 8.78 Å². The smallest absolute Gasteiger partial charge is 0.126 e. The van der Waals surface area contributed by atoms with Gasteiger partial charge in [-0.15, -0.1) is 0 Å². The van der Waals surface area contributed by atoms with Crippen molar-refractivity contribution in [3.63, 3.8) is 0 Å². The Hall–Kier alpha value is -1.45. The minimum absolute atomic E-state index is 0.0504. The van der Waals surface area contributed by atoms with E-state index < -0.39 is 17.7 Å². The van der Waals surface area contributed by atoms with Crippen LogP contribution >= 0.6 is 11.6 Å². The van der Waals surface area contributed by atoms with Gasteiger partial charge in [-0.1, -0.05) is 29.8 Å². The Morgan fingerprint density at radius 3 is 2.42 bits per heavy atom. The van der Waals surface area contributed by atoms with Crippen LogP contribution in [-0.2, 0) is 12.8 Å². The van der Waals surface area contributed by atoms with Crippen LogP contribution in [-0.4, -0.2) is 11.2 Å². The monoisotopic (exact) mass is 282 g/mol. The maximum absolute atomic E-state index is 13.4. The molecule has 100 valence electrons. The Labute approximate surface area is 115 Å². The molecule has 2 aromatic rings. The van der Waals surface area contributed by atoms with Gasteiger partial charge in [-0.05, 0) is 35.4 Å². The molecule has 4 heteroatoms. The van der Waals surface area contributed by atoms with Gasteiger partial charge in [0, 0.05) is 17.9 Å². The van der Waals surface area contributed by atoms with Crippen LogP contribution in [0.5, 0.6) is 0 Å². The summed E-state index contributed by atoms with van der Waals surface area (Å²) in [6.45, 7) is 0. The zero-order valence-corrected chi connectivity index (χ0v) is 10.9. The number of rotatable bonds is 4. The molecule has 0 radical (unpaired) electrons. The standard InChI is InChI=1S/C15H13ClF2O/c16-14-4-2-1-3-10(14)8-13(19)9-11-7-12(17)5-6-15(11)18/h1-7,13,19H,8-9H2. The fraction of sp³-hybridized carbons (Fsp3) is 0.200. The van der Waals surface area contributed by atoms with E-state index in [2.05, 4.69) is 0 Å². The second-order valence-corrected chi connectivity index (χ2v) is 4.80. The van der Waals surface area contributed by atoms with Crippen molar-refractivity contribution in [2.24, 2.45) is 0 Å². The highest BCUT2D eigenvalue weighted by Crippen LogP contribution is 2.19. The lowest BCUT2D eigenvalue weighted by atomic mass is 10.0. The molecule has 0 fully saturated rings. The maximum Gasteiger partial charge on any atom is 0.126 e. The molecule has 19 heavy (non-hydrogen) atoms. The Morgan fingerprint density at radius 2 is 1.68 bits per heavy atom. The van der Waals surface area contributed by atoms with E-state index in [0.717, 1.165) is 23.8 Å². The predicted octanol–water partition coefficient (Wildman–Crippen LogP) is 3.76. The third-order valence-electron chi connectivity index (χ3n) is 2.88. The molecule has 0 aliphatic carbocycles. The van der Waals surface area contributed by atoms with E-state index in [0.29, 0.717) is 11.4 Å². The molecule has 1 atom stereocenters. The zero-order chi connectivity index (χ0) is 13.8. The van der Waals surface area contributed by atoms with Crippen molar-refractivity contribution >= 4 is 11.6 Å². The van der Waals surface area contributed by atoms with Crippen LogP contribution in [0.1, 0.15) is 11.1 Å². The van der Waals surface area contributed by atoms with Crippen molar-refractivity contribution in [3.8, 4) is 0 Å². The number of benzene rings is 2. The third kappa shape index (κ3) is 3.75. The van der Waals surface area contributed by atoms with E-state index >= 15 is 0 Å². The first-order valence-electron chi connectivity index (χ1n) is 5.91. The van der Waals surface area contributed by atoms with Gasteiger partial charge in [0.2, 0.25) is 0 Å². The summed E-state index contributed by atoms with van der Waals surface area (Å²) >= 11 is 5.98. The van der Waals surface area contributed by atoms with Crippen molar-refractivity contribution < 1.29 is 13.9 Å². The first-order chi connectivity index (χ1) is 9.06.